The first-order valence-electron chi connectivity index (χ1n) is 5.74. The third-order valence-electron chi connectivity index (χ3n) is 3.57. The van der Waals surface area contributed by atoms with Gasteiger partial charge in [-0.15, -0.1) is 0 Å². The van der Waals surface area contributed by atoms with Gasteiger partial charge in [0.25, 0.3) is 0 Å². The molecule has 1 saturated carbocycles. The summed E-state index contributed by atoms with van der Waals surface area (Å²) in [7, 11) is 0. The highest BCUT2D eigenvalue weighted by Crippen LogP contribution is 2.37. The van der Waals surface area contributed by atoms with Crippen LogP contribution in [0, 0.1) is 0 Å². The Balaban J connectivity index is 2.02. The van der Waals surface area contributed by atoms with Gasteiger partial charge in [0.15, 0.2) is 0 Å². The van der Waals surface area contributed by atoms with Crippen LogP contribution in [0.15, 0.2) is 0 Å². The highest BCUT2D eigenvalue weighted by Gasteiger charge is 2.41. The summed E-state index contributed by atoms with van der Waals surface area (Å²) < 4.78 is 5.60. The Morgan fingerprint density at radius 1 is 1.43 bits per heavy atom. The van der Waals surface area contributed by atoms with Gasteiger partial charge >= 0.3 is 0 Å². The molecule has 0 aromatic carbocycles. The first-order chi connectivity index (χ1) is 6.73. The molecule has 1 heterocycles. The fraction of sp³-hybridized carbons (Fsp3) is 1.00. The Morgan fingerprint density at radius 3 is 2.79 bits per heavy atom. The molecule has 1 N–H and O–H groups in total. The molecule has 1 saturated heterocycles. The van der Waals surface area contributed by atoms with Crippen LogP contribution >= 0.6 is 0 Å². The fourth-order valence-electron chi connectivity index (χ4n) is 2.86. The number of β-amino-alcohol motifs (C(OH)–C–C–N with tert-alkyl or cyclic N) is 1. The van der Waals surface area contributed by atoms with E-state index in [9.17, 15) is 5.11 Å². The predicted molar refractivity (Wildman–Crippen MR) is 55.3 cm³/mol. The molecule has 2 aliphatic rings. The second-order valence-electron chi connectivity index (χ2n) is 4.78. The standard InChI is InChI=1S/C11H21NO2/c1-10(13)8-12-6-7-14-9-11(12)4-2-3-5-11/h10,13H,2-9H2,1H3. The monoisotopic (exact) mass is 199 g/mol. The van der Waals surface area contributed by atoms with E-state index in [0.717, 1.165) is 26.3 Å². The van der Waals surface area contributed by atoms with Crippen LogP contribution in [0.3, 0.4) is 0 Å². The van der Waals surface area contributed by atoms with Gasteiger partial charge in [-0.2, -0.15) is 0 Å². The highest BCUT2D eigenvalue weighted by atomic mass is 16.5. The molecule has 1 aliphatic heterocycles. The highest BCUT2D eigenvalue weighted by molar-refractivity contribution is 4.97. The normalized spacial score (nSPS) is 29.6. The molecule has 0 bridgehead atoms. The second-order valence-corrected chi connectivity index (χ2v) is 4.78. The van der Waals surface area contributed by atoms with Gasteiger partial charge < -0.3 is 9.84 Å². The molecule has 14 heavy (non-hydrogen) atoms. The zero-order chi connectivity index (χ0) is 10.0. The van der Waals surface area contributed by atoms with Crippen molar-refractivity contribution in [3.05, 3.63) is 0 Å². The summed E-state index contributed by atoms with van der Waals surface area (Å²) in [4.78, 5) is 2.45. The summed E-state index contributed by atoms with van der Waals surface area (Å²) in [5.74, 6) is 0. The SMILES string of the molecule is CC(O)CN1CCOCC12CCCC2. The largest absolute Gasteiger partial charge is 0.392 e. The third kappa shape index (κ3) is 1.95. The van der Waals surface area contributed by atoms with E-state index in [1.54, 1.807) is 0 Å². The van der Waals surface area contributed by atoms with Gasteiger partial charge in [-0.05, 0) is 19.8 Å². The van der Waals surface area contributed by atoms with Crippen LogP contribution in [-0.4, -0.2) is 48.0 Å². The lowest BCUT2D eigenvalue weighted by molar-refractivity contribution is -0.0782. The van der Waals surface area contributed by atoms with Crippen molar-refractivity contribution >= 4 is 0 Å². The maximum absolute atomic E-state index is 9.47. The quantitative estimate of drug-likeness (QED) is 0.720. The Bertz CT molecular complexity index is 188. The number of ether oxygens (including phenoxy) is 1. The van der Waals surface area contributed by atoms with Crippen molar-refractivity contribution in [2.75, 3.05) is 26.3 Å². The van der Waals surface area contributed by atoms with Crippen LogP contribution in [-0.2, 0) is 4.74 Å². The van der Waals surface area contributed by atoms with Gasteiger partial charge in [-0.3, -0.25) is 4.90 Å². The molecule has 0 amide bonds. The topological polar surface area (TPSA) is 32.7 Å². The van der Waals surface area contributed by atoms with Crippen molar-refractivity contribution in [2.45, 2.75) is 44.2 Å². The molecule has 1 unspecified atom stereocenters. The number of rotatable bonds is 2. The van der Waals surface area contributed by atoms with Crippen molar-refractivity contribution in [1.29, 1.82) is 0 Å². The summed E-state index contributed by atoms with van der Waals surface area (Å²) in [6.45, 7) is 5.38. The van der Waals surface area contributed by atoms with Crippen molar-refractivity contribution in [1.82, 2.24) is 4.90 Å². The van der Waals surface area contributed by atoms with Crippen LogP contribution in [0.4, 0.5) is 0 Å². The fourth-order valence-corrected chi connectivity index (χ4v) is 2.86. The molecular weight excluding hydrogens is 178 g/mol. The van der Waals surface area contributed by atoms with E-state index in [1.807, 2.05) is 6.92 Å². The molecule has 3 nitrogen and oxygen atoms in total. The minimum atomic E-state index is -0.217. The van der Waals surface area contributed by atoms with E-state index in [0.29, 0.717) is 0 Å². The number of morpholine rings is 1. The first-order valence-corrected chi connectivity index (χ1v) is 5.74. The zero-order valence-electron chi connectivity index (χ0n) is 9.04. The molecule has 0 aromatic heterocycles. The van der Waals surface area contributed by atoms with E-state index in [1.165, 1.54) is 25.7 Å². The predicted octanol–water partition coefficient (Wildman–Crippen LogP) is 1.01. The molecule has 2 rings (SSSR count). The number of hydrogen-bond acceptors (Lipinski definition) is 3. The summed E-state index contributed by atoms with van der Waals surface area (Å²) in [5, 5.41) is 9.47. The molecule has 0 radical (unpaired) electrons. The van der Waals surface area contributed by atoms with E-state index in [4.69, 9.17) is 4.74 Å². The van der Waals surface area contributed by atoms with Crippen LogP contribution in [0.25, 0.3) is 0 Å². The summed E-state index contributed by atoms with van der Waals surface area (Å²) in [6, 6.07) is 0. The summed E-state index contributed by atoms with van der Waals surface area (Å²) in [6.07, 6.45) is 4.92. The van der Waals surface area contributed by atoms with Gasteiger partial charge in [-0.1, -0.05) is 12.8 Å². The first kappa shape index (κ1) is 10.4. The zero-order valence-corrected chi connectivity index (χ0v) is 9.04. The minimum Gasteiger partial charge on any atom is -0.392 e. The van der Waals surface area contributed by atoms with Crippen molar-refractivity contribution in [3.8, 4) is 0 Å². The van der Waals surface area contributed by atoms with E-state index in [-0.39, 0.29) is 11.6 Å². The molecule has 82 valence electrons. The second kappa shape index (κ2) is 4.17. The summed E-state index contributed by atoms with van der Waals surface area (Å²) in [5.41, 5.74) is 0.273. The van der Waals surface area contributed by atoms with Gasteiger partial charge in [0, 0.05) is 18.6 Å². The Morgan fingerprint density at radius 2 is 2.14 bits per heavy atom. The van der Waals surface area contributed by atoms with Gasteiger partial charge in [0.1, 0.15) is 0 Å². The van der Waals surface area contributed by atoms with E-state index in [2.05, 4.69) is 4.90 Å². The third-order valence-corrected chi connectivity index (χ3v) is 3.57. The lowest BCUT2D eigenvalue weighted by Crippen LogP contribution is -2.56. The molecule has 3 heteroatoms. The van der Waals surface area contributed by atoms with E-state index >= 15 is 0 Å². The Hall–Kier alpha value is -0.120. The molecule has 0 aromatic rings. The average molecular weight is 199 g/mol. The number of hydrogen-bond donors (Lipinski definition) is 1. The van der Waals surface area contributed by atoms with Crippen molar-refractivity contribution in [2.24, 2.45) is 0 Å². The van der Waals surface area contributed by atoms with Crippen LogP contribution in [0.1, 0.15) is 32.6 Å². The summed E-state index contributed by atoms with van der Waals surface area (Å²) >= 11 is 0. The average Bonchev–Trinajstić information content (AvgIpc) is 2.58. The van der Waals surface area contributed by atoms with Crippen LogP contribution in [0.5, 0.6) is 0 Å². The number of aliphatic hydroxyl groups excluding tert-OH is 1. The van der Waals surface area contributed by atoms with E-state index < -0.39 is 0 Å². The minimum absolute atomic E-state index is 0.217. The number of aliphatic hydroxyl groups is 1. The lowest BCUT2D eigenvalue weighted by atomic mass is 9.94. The Labute approximate surface area is 86.0 Å². The molecule has 1 aliphatic carbocycles. The van der Waals surface area contributed by atoms with Crippen LogP contribution in [0.2, 0.25) is 0 Å². The maximum atomic E-state index is 9.47. The lowest BCUT2D eigenvalue weighted by Gasteiger charge is -2.45. The van der Waals surface area contributed by atoms with Gasteiger partial charge in [0.05, 0.1) is 19.3 Å². The Kier molecular flexibility index (Phi) is 3.10. The molecular formula is C11H21NO2. The van der Waals surface area contributed by atoms with Gasteiger partial charge in [0.2, 0.25) is 0 Å². The maximum Gasteiger partial charge on any atom is 0.0651 e. The molecule has 2 fully saturated rings. The molecule has 1 spiro atoms. The smallest absolute Gasteiger partial charge is 0.0651 e. The molecule has 1 atom stereocenters. The number of nitrogens with zero attached hydrogens (tertiary/aromatic N) is 1. The van der Waals surface area contributed by atoms with Crippen molar-refractivity contribution in [3.63, 3.8) is 0 Å². The van der Waals surface area contributed by atoms with Crippen molar-refractivity contribution < 1.29 is 9.84 Å². The van der Waals surface area contributed by atoms with Crippen LogP contribution < -0.4 is 0 Å². The van der Waals surface area contributed by atoms with Gasteiger partial charge in [-0.25, -0.2) is 0 Å².